The Morgan fingerprint density at radius 1 is 0.636 bits per heavy atom. The second kappa shape index (κ2) is 5.19. The van der Waals surface area contributed by atoms with Crippen LogP contribution in [0, 0.1) is 0 Å². The van der Waals surface area contributed by atoms with Gasteiger partial charge >= 0.3 is 0 Å². The Morgan fingerprint density at radius 3 is 2.23 bits per heavy atom. The first-order valence-corrected chi connectivity index (χ1v) is 7.42. The van der Waals surface area contributed by atoms with Gasteiger partial charge in [-0.25, -0.2) is 0 Å². The van der Waals surface area contributed by atoms with Crippen molar-refractivity contribution in [1.29, 1.82) is 0 Å². The summed E-state index contributed by atoms with van der Waals surface area (Å²) in [4.78, 5) is 0. The van der Waals surface area contributed by atoms with Crippen molar-refractivity contribution < 1.29 is 4.74 Å². The highest BCUT2D eigenvalue weighted by molar-refractivity contribution is 6.14. The molecule has 0 N–H and O–H groups in total. The minimum absolute atomic E-state index is 0.892. The Labute approximate surface area is 129 Å². The average Bonchev–Trinajstić information content (AvgIpc) is 2.61. The molecule has 0 amide bonds. The lowest BCUT2D eigenvalue weighted by Crippen LogP contribution is -1.87. The van der Waals surface area contributed by atoms with Crippen molar-refractivity contribution in [2.24, 2.45) is 0 Å². The average molecular weight is 284 g/mol. The van der Waals surface area contributed by atoms with Crippen LogP contribution >= 0.6 is 0 Å². The molecule has 1 nitrogen and oxygen atoms in total. The standard InChI is InChI=1S/C21H16O/c1-22-17-11-12-19-20(15-7-3-2-4-8-15)13-16-9-5-6-10-18(16)21(19)14-17/h2-14H,1H3. The molecule has 0 unspecified atom stereocenters. The SMILES string of the molecule is COc1ccc2c(-c3ccccc3)cc3ccccc3c2c1. The van der Waals surface area contributed by atoms with Crippen molar-refractivity contribution in [2.75, 3.05) is 7.11 Å². The molecule has 4 rings (SSSR count). The van der Waals surface area contributed by atoms with E-state index in [1.165, 1.54) is 32.7 Å². The van der Waals surface area contributed by atoms with Crippen LogP contribution in [0.1, 0.15) is 0 Å². The summed E-state index contributed by atoms with van der Waals surface area (Å²) in [6.45, 7) is 0. The van der Waals surface area contributed by atoms with E-state index in [4.69, 9.17) is 4.74 Å². The fourth-order valence-electron chi connectivity index (χ4n) is 3.07. The fourth-order valence-corrected chi connectivity index (χ4v) is 3.07. The van der Waals surface area contributed by atoms with Gasteiger partial charge in [0.05, 0.1) is 7.11 Å². The summed E-state index contributed by atoms with van der Waals surface area (Å²) < 4.78 is 5.42. The van der Waals surface area contributed by atoms with Crippen LogP contribution in [0.15, 0.2) is 78.9 Å². The van der Waals surface area contributed by atoms with E-state index in [1.54, 1.807) is 7.11 Å². The second-order valence-electron chi connectivity index (χ2n) is 5.42. The predicted molar refractivity (Wildman–Crippen MR) is 93.4 cm³/mol. The summed E-state index contributed by atoms with van der Waals surface area (Å²) in [6.07, 6.45) is 0. The largest absolute Gasteiger partial charge is 0.497 e. The van der Waals surface area contributed by atoms with E-state index in [0.29, 0.717) is 0 Å². The second-order valence-corrected chi connectivity index (χ2v) is 5.42. The Kier molecular flexibility index (Phi) is 3.05. The Morgan fingerprint density at radius 2 is 1.41 bits per heavy atom. The topological polar surface area (TPSA) is 9.23 Å². The first-order valence-electron chi connectivity index (χ1n) is 7.42. The number of methoxy groups -OCH3 is 1. The Bertz CT molecular complexity index is 955. The van der Waals surface area contributed by atoms with Crippen LogP contribution in [0.4, 0.5) is 0 Å². The Balaban J connectivity index is 2.15. The summed E-state index contributed by atoms with van der Waals surface area (Å²) in [7, 11) is 1.71. The van der Waals surface area contributed by atoms with Gasteiger partial charge in [-0.15, -0.1) is 0 Å². The van der Waals surface area contributed by atoms with E-state index in [1.807, 2.05) is 6.07 Å². The van der Waals surface area contributed by atoms with Crippen molar-refractivity contribution in [3.8, 4) is 16.9 Å². The lowest BCUT2D eigenvalue weighted by molar-refractivity contribution is 0.415. The van der Waals surface area contributed by atoms with Gasteiger partial charge in [0.2, 0.25) is 0 Å². The van der Waals surface area contributed by atoms with Crippen LogP contribution in [0.3, 0.4) is 0 Å². The van der Waals surface area contributed by atoms with Gasteiger partial charge in [0, 0.05) is 0 Å². The number of hydrogen-bond donors (Lipinski definition) is 0. The molecule has 0 saturated carbocycles. The summed E-state index contributed by atoms with van der Waals surface area (Å²) >= 11 is 0. The fraction of sp³-hybridized carbons (Fsp3) is 0.0476. The van der Waals surface area contributed by atoms with E-state index in [-0.39, 0.29) is 0 Å². The molecule has 0 aliphatic carbocycles. The van der Waals surface area contributed by atoms with E-state index in [9.17, 15) is 0 Å². The molecule has 0 atom stereocenters. The van der Waals surface area contributed by atoms with Crippen LogP contribution in [0.2, 0.25) is 0 Å². The van der Waals surface area contributed by atoms with Gasteiger partial charge in [0.15, 0.2) is 0 Å². The lowest BCUT2D eigenvalue weighted by Gasteiger charge is -2.12. The van der Waals surface area contributed by atoms with Gasteiger partial charge in [-0.05, 0) is 50.9 Å². The van der Waals surface area contributed by atoms with E-state index in [0.717, 1.165) is 5.75 Å². The molecule has 22 heavy (non-hydrogen) atoms. The smallest absolute Gasteiger partial charge is 0.119 e. The van der Waals surface area contributed by atoms with E-state index >= 15 is 0 Å². The van der Waals surface area contributed by atoms with Crippen LogP contribution in [0.25, 0.3) is 32.7 Å². The number of ether oxygens (including phenoxy) is 1. The van der Waals surface area contributed by atoms with Crippen LogP contribution < -0.4 is 4.74 Å². The van der Waals surface area contributed by atoms with Gasteiger partial charge in [0.1, 0.15) is 5.75 Å². The minimum atomic E-state index is 0.892. The van der Waals surface area contributed by atoms with Crippen molar-refractivity contribution in [2.45, 2.75) is 0 Å². The van der Waals surface area contributed by atoms with Crippen molar-refractivity contribution in [3.05, 3.63) is 78.9 Å². The van der Waals surface area contributed by atoms with Crippen LogP contribution in [0.5, 0.6) is 5.75 Å². The maximum Gasteiger partial charge on any atom is 0.119 e. The monoisotopic (exact) mass is 284 g/mol. The summed E-state index contributed by atoms with van der Waals surface area (Å²) in [5, 5.41) is 5.00. The normalized spacial score (nSPS) is 11.0. The molecule has 1 heteroatoms. The summed E-state index contributed by atoms with van der Waals surface area (Å²) in [5.41, 5.74) is 2.50. The highest BCUT2D eigenvalue weighted by atomic mass is 16.5. The maximum atomic E-state index is 5.42. The number of benzene rings is 4. The molecule has 0 fully saturated rings. The van der Waals surface area contributed by atoms with Gasteiger partial charge in [-0.3, -0.25) is 0 Å². The quantitative estimate of drug-likeness (QED) is 0.431. The highest BCUT2D eigenvalue weighted by Gasteiger charge is 2.09. The predicted octanol–water partition coefficient (Wildman–Crippen LogP) is 5.67. The molecule has 4 aromatic rings. The highest BCUT2D eigenvalue weighted by Crippen LogP contribution is 2.36. The molecule has 0 bridgehead atoms. The lowest BCUT2D eigenvalue weighted by atomic mass is 9.93. The third-order valence-corrected chi connectivity index (χ3v) is 4.15. The molecular formula is C21H16O. The number of fused-ring (bicyclic) bond motifs is 3. The third-order valence-electron chi connectivity index (χ3n) is 4.15. The molecule has 106 valence electrons. The molecule has 4 aromatic carbocycles. The zero-order valence-electron chi connectivity index (χ0n) is 12.4. The van der Waals surface area contributed by atoms with Crippen molar-refractivity contribution in [3.63, 3.8) is 0 Å². The van der Waals surface area contributed by atoms with Crippen LogP contribution in [-0.4, -0.2) is 7.11 Å². The van der Waals surface area contributed by atoms with Gasteiger partial charge in [0.25, 0.3) is 0 Å². The minimum Gasteiger partial charge on any atom is -0.497 e. The summed E-state index contributed by atoms with van der Waals surface area (Å²) in [5.74, 6) is 0.892. The van der Waals surface area contributed by atoms with E-state index in [2.05, 4.69) is 72.8 Å². The van der Waals surface area contributed by atoms with E-state index < -0.39 is 0 Å². The van der Waals surface area contributed by atoms with Crippen molar-refractivity contribution >= 4 is 21.5 Å². The number of hydrogen-bond acceptors (Lipinski definition) is 1. The molecule has 0 radical (unpaired) electrons. The van der Waals surface area contributed by atoms with Gasteiger partial charge in [-0.2, -0.15) is 0 Å². The zero-order valence-corrected chi connectivity index (χ0v) is 12.4. The Hall–Kier alpha value is -2.80. The maximum absolute atomic E-state index is 5.42. The van der Waals surface area contributed by atoms with Crippen LogP contribution in [-0.2, 0) is 0 Å². The molecule has 0 spiro atoms. The molecular weight excluding hydrogens is 268 g/mol. The number of rotatable bonds is 2. The molecule has 0 aliphatic rings. The molecule has 0 aromatic heterocycles. The first kappa shape index (κ1) is 12.9. The molecule has 0 aliphatic heterocycles. The molecule has 0 heterocycles. The third kappa shape index (κ3) is 2.03. The first-order chi connectivity index (χ1) is 10.9. The molecule has 0 saturated heterocycles. The van der Waals surface area contributed by atoms with Gasteiger partial charge < -0.3 is 4.74 Å². The summed E-state index contributed by atoms with van der Waals surface area (Å²) in [6, 6.07) is 27.6. The van der Waals surface area contributed by atoms with Crippen molar-refractivity contribution in [1.82, 2.24) is 0 Å². The zero-order chi connectivity index (χ0) is 14.9. The van der Waals surface area contributed by atoms with Gasteiger partial charge in [-0.1, -0.05) is 60.7 Å².